The van der Waals surface area contributed by atoms with E-state index in [0.29, 0.717) is 0 Å². The summed E-state index contributed by atoms with van der Waals surface area (Å²) in [6.45, 7) is -1.52. The summed E-state index contributed by atoms with van der Waals surface area (Å²) in [7, 11) is 0. The van der Waals surface area contributed by atoms with Crippen molar-refractivity contribution in [3.8, 4) is 0 Å². The molecule has 72 valence electrons. The fourth-order valence-corrected chi connectivity index (χ4v) is 0.723. The van der Waals surface area contributed by atoms with E-state index in [4.69, 9.17) is 0 Å². The van der Waals surface area contributed by atoms with E-state index in [1.165, 1.54) is 0 Å². The molecule has 1 aromatic heterocycles. The van der Waals surface area contributed by atoms with Gasteiger partial charge in [0, 0.05) is 0 Å². The Morgan fingerprint density at radius 2 is 2.00 bits per heavy atom. The quantitative estimate of drug-likeness (QED) is 0.664. The third-order valence-electron chi connectivity index (χ3n) is 1.18. The van der Waals surface area contributed by atoms with Crippen molar-refractivity contribution in [2.24, 2.45) is 0 Å². The maximum absolute atomic E-state index is 12.0. The van der Waals surface area contributed by atoms with Crippen molar-refractivity contribution in [3.63, 3.8) is 0 Å². The second kappa shape index (κ2) is 3.31. The third-order valence-corrected chi connectivity index (χ3v) is 1.18. The minimum atomic E-state index is -4.56. The molecule has 0 spiro atoms. The van der Waals surface area contributed by atoms with Crippen molar-refractivity contribution in [3.05, 3.63) is 18.2 Å². The summed E-state index contributed by atoms with van der Waals surface area (Å²) in [5.41, 5.74) is -0.905. The Bertz CT molecular complexity index is 277. The number of imidazole rings is 1. The largest absolute Gasteiger partial charge is 0.406 e. The first-order valence-corrected chi connectivity index (χ1v) is 3.11. The lowest BCUT2D eigenvalue weighted by Gasteiger charge is -2.08. The first kappa shape index (κ1) is 9.94. The Morgan fingerprint density at radius 3 is 2.46 bits per heavy atom. The van der Waals surface area contributed by atoms with Crippen LogP contribution in [0.5, 0.6) is 0 Å². The van der Waals surface area contributed by atoms with Gasteiger partial charge in [-0.3, -0.25) is 0 Å². The lowest BCUT2D eigenvalue weighted by Crippen LogP contribution is -2.19. The van der Waals surface area contributed by atoms with E-state index in [-0.39, 0.29) is 4.57 Å². The van der Waals surface area contributed by atoms with Gasteiger partial charge in [0.15, 0.2) is 6.33 Å². The van der Waals surface area contributed by atoms with Gasteiger partial charge < -0.3 is 4.57 Å². The molecule has 7 heteroatoms. The molecule has 0 N–H and O–H groups in total. The maximum atomic E-state index is 12.0. The molecule has 0 fully saturated rings. The van der Waals surface area contributed by atoms with Crippen molar-refractivity contribution in [2.45, 2.75) is 19.1 Å². The topological polar surface area (TPSA) is 17.8 Å². The van der Waals surface area contributed by atoms with Gasteiger partial charge in [0.1, 0.15) is 18.4 Å². The standard InChI is InChI=1S/C6H3F5N2/c7-5(8)4-1-12-3-13(4)2-6(9,10)11/h5H,2H2. The minimum absolute atomic E-state index is 0.199. The van der Waals surface area contributed by atoms with Crippen LogP contribution in [0.3, 0.4) is 0 Å². The van der Waals surface area contributed by atoms with E-state index in [1.807, 2.05) is 0 Å². The summed E-state index contributed by atoms with van der Waals surface area (Å²) in [5.74, 6) is 0. The van der Waals surface area contributed by atoms with Gasteiger partial charge >= 0.3 is 6.18 Å². The second-order valence-electron chi connectivity index (χ2n) is 2.21. The van der Waals surface area contributed by atoms with Crippen LogP contribution in [0.15, 0.2) is 0 Å². The molecule has 0 aromatic carbocycles. The van der Waals surface area contributed by atoms with Gasteiger partial charge in [-0.05, 0) is 0 Å². The number of nitrogens with zero attached hydrogens (tertiary/aromatic N) is 2. The van der Waals surface area contributed by atoms with Gasteiger partial charge in [-0.1, -0.05) is 0 Å². The Balaban J connectivity index is 2.83. The van der Waals surface area contributed by atoms with Crippen LogP contribution in [0.4, 0.5) is 22.0 Å². The Morgan fingerprint density at radius 1 is 1.38 bits per heavy atom. The van der Waals surface area contributed by atoms with E-state index in [9.17, 15) is 22.0 Å². The van der Waals surface area contributed by atoms with Gasteiger partial charge in [0.05, 0.1) is 0 Å². The number of hydrogen-bond donors (Lipinski definition) is 0. The summed E-state index contributed by atoms with van der Waals surface area (Å²) in [5, 5.41) is 0. The van der Waals surface area contributed by atoms with Crippen molar-refractivity contribution < 1.29 is 22.0 Å². The summed E-state index contributed by atoms with van der Waals surface area (Å²) < 4.78 is 59.3. The molecule has 1 heterocycles. The first-order chi connectivity index (χ1) is 5.90. The zero-order chi connectivity index (χ0) is 10.1. The molecule has 0 bridgehead atoms. The Labute approximate surface area is 70.0 Å². The molecule has 1 aromatic rings. The number of rotatable bonds is 2. The lowest BCUT2D eigenvalue weighted by molar-refractivity contribution is -0.141. The van der Waals surface area contributed by atoms with E-state index < -0.39 is 24.8 Å². The van der Waals surface area contributed by atoms with E-state index in [0.717, 1.165) is 0 Å². The molecule has 0 amide bonds. The highest BCUT2D eigenvalue weighted by Gasteiger charge is 2.30. The molecule has 0 saturated carbocycles. The molecule has 1 rings (SSSR count). The zero-order valence-corrected chi connectivity index (χ0v) is 6.07. The Hall–Kier alpha value is -1.14. The third kappa shape index (κ3) is 2.67. The molecule has 0 aliphatic carbocycles. The number of aromatic nitrogens is 2. The molecule has 13 heavy (non-hydrogen) atoms. The predicted molar refractivity (Wildman–Crippen MR) is 30.9 cm³/mol. The van der Waals surface area contributed by atoms with Crippen LogP contribution in [0, 0.1) is 12.5 Å². The highest BCUT2D eigenvalue weighted by molar-refractivity contribution is 4.97. The fourth-order valence-electron chi connectivity index (χ4n) is 0.723. The van der Waals surface area contributed by atoms with E-state index in [2.05, 4.69) is 4.98 Å². The zero-order valence-electron chi connectivity index (χ0n) is 6.07. The lowest BCUT2D eigenvalue weighted by atomic mass is 10.4. The van der Waals surface area contributed by atoms with Crippen molar-refractivity contribution in [2.75, 3.05) is 0 Å². The summed E-state index contributed by atoms with van der Waals surface area (Å²) in [4.78, 5) is 2.96. The van der Waals surface area contributed by atoms with Crippen LogP contribution in [-0.2, 0) is 6.54 Å². The van der Waals surface area contributed by atoms with Crippen LogP contribution in [0.25, 0.3) is 0 Å². The number of alkyl halides is 5. The maximum Gasteiger partial charge on any atom is 0.406 e. The molecule has 0 aliphatic rings. The molecule has 0 saturated heterocycles. The molecule has 2 nitrogen and oxygen atoms in total. The van der Waals surface area contributed by atoms with Crippen LogP contribution < -0.4 is 0 Å². The average molecular weight is 198 g/mol. The van der Waals surface area contributed by atoms with Gasteiger partial charge in [-0.25, -0.2) is 13.8 Å². The average Bonchev–Trinajstić information content (AvgIpc) is 2.31. The number of hydrogen-bond acceptors (Lipinski definition) is 1. The van der Waals surface area contributed by atoms with Crippen LogP contribution in [0.2, 0.25) is 0 Å². The molecule has 0 aliphatic heterocycles. The Kier molecular flexibility index (Phi) is 2.53. The summed E-state index contributed by atoms with van der Waals surface area (Å²) >= 11 is 0. The molecule has 0 unspecified atom stereocenters. The van der Waals surface area contributed by atoms with E-state index >= 15 is 0 Å². The minimum Gasteiger partial charge on any atom is -0.311 e. The van der Waals surface area contributed by atoms with Gasteiger partial charge in [-0.2, -0.15) is 13.2 Å². The number of halogens is 5. The van der Waals surface area contributed by atoms with Crippen LogP contribution >= 0.6 is 0 Å². The van der Waals surface area contributed by atoms with Crippen molar-refractivity contribution in [1.82, 2.24) is 9.55 Å². The van der Waals surface area contributed by atoms with Crippen LogP contribution in [0.1, 0.15) is 12.1 Å². The molecular formula is C6H3F5N2. The summed E-state index contributed by atoms with van der Waals surface area (Å²) in [6.07, 6.45) is -4.10. The SMILES string of the molecule is FC(F)c1[c]n[c]n1CC(F)(F)F. The smallest absolute Gasteiger partial charge is 0.311 e. The highest BCUT2D eigenvalue weighted by Crippen LogP contribution is 2.22. The van der Waals surface area contributed by atoms with Crippen molar-refractivity contribution in [1.29, 1.82) is 0 Å². The van der Waals surface area contributed by atoms with Gasteiger partial charge in [0.25, 0.3) is 6.43 Å². The van der Waals surface area contributed by atoms with Gasteiger partial charge in [0.2, 0.25) is 0 Å². The monoisotopic (exact) mass is 198 g/mol. The van der Waals surface area contributed by atoms with Gasteiger partial charge in [-0.15, -0.1) is 0 Å². The molecule has 0 atom stereocenters. The fraction of sp³-hybridized carbons (Fsp3) is 0.500. The molecular weight excluding hydrogens is 195 g/mol. The summed E-state index contributed by atoms with van der Waals surface area (Å²) in [6, 6.07) is 0. The highest BCUT2D eigenvalue weighted by atomic mass is 19.4. The predicted octanol–water partition coefficient (Wildman–Crippen LogP) is 1.98. The van der Waals surface area contributed by atoms with Crippen molar-refractivity contribution >= 4 is 0 Å². The normalized spacial score (nSPS) is 12.5. The molecule has 2 radical (unpaired) electrons. The second-order valence-corrected chi connectivity index (χ2v) is 2.21. The van der Waals surface area contributed by atoms with Crippen LogP contribution in [-0.4, -0.2) is 15.7 Å². The van der Waals surface area contributed by atoms with E-state index in [1.54, 1.807) is 12.5 Å². The first-order valence-electron chi connectivity index (χ1n) is 3.11.